The molecule has 0 amide bonds. The molecule has 0 spiro atoms. The first-order valence-electron chi connectivity index (χ1n) is 8.70. The number of pyridine rings is 1. The molecule has 4 N–H and O–H groups in total. The van der Waals surface area contributed by atoms with Crippen LogP contribution in [-0.4, -0.2) is 15.1 Å². The molecule has 1 aromatic heterocycles. The summed E-state index contributed by atoms with van der Waals surface area (Å²) in [5.41, 5.74) is 9.49. The largest absolute Gasteiger partial charge is 0.398 e. The van der Waals surface area contributed by atoms with Gasteiger partial charge in [-0.15, -0.1) is 0 Å². The summed E-state index contributed by atoms with van der Waals surface area (Å²) >= 11 is 1.18. The second kappa shape index (κ2) is 8.70. The minimum absolute atomic E-state index is 0.194. The minimum atomic E-state index is -0.825. The molecule has 0 aliphatic heterocycles. The zero-order chi connectivity index (χ0) is 20.1. The summed E-state index contributed by atoms with van der Waals surface area (Å²) in [7, 11) is 0. The molecule has 28 heavy (non-hydrogen) atoms. The van der Waals surface area contributed by atoms with Crippen LogP contribution in [-0.2, 0) is 0 Å². The zero-order valence-electron chi connectivity index (χ0n) is 15.3. The monoisotopic (exact) mass is 388 g/mol. The normalized spacial score (nSPS) is 12.8. The van der Waals surface area contributed by atoms with E-state index in [1.54, 1.807) is 36.7 Å². The van der Waals surface area contributed by atoms with Crippen LogP contribution in [0.5, 0.6) is 0 Å². The van der Waals surface area contributed by atoms with Crippen molar-refractivity contribution in [3.8, 4) is 6.07 Å². The van der Waals surface area contributed by atoms with Gasteiger partial charge in [-0.05, 0) is 53.4 Å². The van der Waals surface area contributed by atoms with E-state index in [-0.39, 0.29) is 5.04 Å². The third-order valence-electron chi connectivity index (χ3n) is 4.58. The molecule has 0 aliphatic rings. The van der Waals surface area contributed by atoms with Crippen molar-refractivity contribution in [2.75, 3.05) is 5.73 Å². The van der Waals surface area contributed by atoms with E-state index in [2.05, 4.69) is 11.1 Å². The average molecular weight is 388 g/mol. The van der Waals surface area contributed by atoms with Crippen molar-refractivity contribution < 1.29 is 5.11 Å². The van der Waals surface area contributed by atoms with Crippen LogP contribution in [0, 0.1) is 23.7 Å². The summed E-state index contributed by atoms with van der Waals surface area (Å²) in [6.07, 6.45) is 2.44. The van der Waals surface area contributed by atoms with Gasteiger partial charge in [0.15, 0.2) is 0 Å². The van der Waals surface area contributed by atoms with Gasteiger partial charge in [-0.25, -0.2) is 0 Å². The number of rotatable bonds is 5. The zero-order valence-corrected chi connectivity index (χ0v) is 16.1. The molecule has 0 saturated carbocycles. The molecule has 2 atom stereocenters. The lowest BCUT2D eigenvalue weighted by molar-refractivity contribution is 0.219. The van der Waals surface area contributed by atoms with E-state index >= 15 is 0 Å². The number of nitriles is 1. The van der Waals surface area contributed by atoms with Gasteiger partial charge in [0.25, 0.3) is 0 Å². The van der Waals surface area contributed by atoms with Crippen molar-refractivity contribution in [1.29, 1.82) is 10.7 Å². The molecule has 6 heteroatoms. The average Bonchev–Trinajstić information content (AvgIpc) is 2.71. The predicted octanol–water partition coefficient (Wildman–Crippen LogP) is 4.43. The molecule has 5 nitrogen and oxygen atoms in total. The molecule has 0 fully saturated rings. The van der Waals surface area contributed by atoms with Gasteiger partial charge in [0.2, 0.25) is 0 Å². The number of nitrogens with zero attached hydrogens (tertiary/aromatic N) is 2. The number of anilines is 1. The summed E-state index contributed by atoms with van der Waals surface area (Å²) in [5, 5.41) is 29.2. The van der Waals surface area contributed by atoms with Gasteiger partial charge in [-0.1, -0.05) is 42.1 Å². The van der Waals surface area contributed by atoms with Crippen molar-refractivity contribution in [3.05, 3.63) is 89.2 Å². The Bertz CT molecular complexity index is 1030. The van der Waals surface area contributed by atoms with Crippen LogP contribution in [0.25, 0.3) is 0 Å². The van der Waals surface area contributed by atoms with E-state index in [4.69, 9.17) is 11.1 Å². The van der Waals surface area contributed by atoms with Gasteiger partial charge in [-0.2, -0.15) is 5.26 Å². The number of hydrogen-bond acceptors (Lipinski definition) is 6. The number of nitrogens with two attached hydrogens (primary N) is 1. The summed E-state index contributed by atoms with van der Waals surface area (Å²) in [4.78, 5) is 4.73. The summed E-state index contributed by atoms with van der Waals surface area (Å²) in [6, 6.07) is 18.5. The highest BCUT2D eigenvalue weighted by Crippen LogP contribution is 2.35. The van der Waals surface area contributed by atoms with E-state index in [1.807, 2.05) is 37.3 Å². The van der Waals surface area contributed by atoms with Gasteiger partial charge >= 0.3 is 0 Å². The number of benzene rings is 2. The smallest absolute Gasteiger partial charge is 0.119 e. The molecule has 140 valence electrons. The van der Waals surface area contributed by atoms with Crippen LogP contribution in [0.15, 0.2) is 71.9 Å². The highest BCUT2D eigenvalue weighted by molar-refractivity contribution is 8.14. The molecule has 0 saturated heterocycles. The summed E-state index contributed by atoms with van der Waals surface area (Å²) < 4.78 is 0. The highest BCUT2D eigenvalue weighted by atomic mass is 32.2. The molecular formula is C22H20N4OS. The fourth-order valence-electron chi connectivity index (χ4n) is 3.03. The molecule has 2 aromatic carbocycles. The molecule has 1 heterocycles. The van der Waals surface area contributed by atoms with E-state index in [0.29, 0.717) is 16.8 Å². The van der Waals surface area contributed by atoms with Crippen molar-refractivity contribution in [1.82, 2.24) is 4.98 Å². The molecule has 2 unspecified atom stereocenters. The SMILES string of the molecule is Cc1c(C(C#N)C(=N)Sc2ccccc2N)cccc1C(O)c1ccncc1. The van der Waals surface area contributed by atoms with E-state index in [9.17, 15) is 10.4 Å². The molecule has 3 aromatic rings. The standard InChI is InChI=1S/C22H20N4OS/c1-14-16(5-4-6-17(14)21(27)15-9-11-26-12-10-15)18(13-23)22(25)28-20-8-3-2-7-19(20)24/h2-12,18,21,25,27H,24H2,1H3. The first kappa shape index (κ1) is 19.6. The van der Waals surface area contributed by atoms with Crippen molar-refractivity contribution >= 4 is 22.5 Å². The Labute approximate surface area is 168 Å². The third-order valence-corrected chi connectivity index (χ3v) is 5.62. The van der Waals surface area contributed by atoms with Crippen LogP contribution in [0.3, 0.4) is 0 Å². The molecule has 0 bridgehead atoms. The van der Waals surface area contributed by atoms with Crippen LogP contribution in [0.4, 0.5) is 5.69 Å². The number of para-hydroxylation sites is 1. The Morgan fingerprint density at radius 2 is 1.79 bits per heavy atom. The first-order valence-corrected chi connectivity index (χ1v) is 9.52. The van der Waals surface area contributed by atoms with Gasteiger partial charge in [-0.3, -0.25) is 10.4 Å². The fraction of sp³-hybridized carbons (Fsp3) is 0.136. The van der Waals surface area contributed by atoms with Gasteiger partial charge in [0.05, 0.1) is 11.1 Å². The van der Waals surface area contributed by atoms with Gasteiger partial charge in [0.1, 0.15) is 12.0 Å². The van der Waals surface area contributed by atoms with Crippen molar-refractivity contribution in [2.24, 2.45) is 0 Å². The van der Waals surface area contributed by atoms with E-state index < -0.39 is 12.0 Å². The molecular weight excluding hydrogens is 368 g/mol. The van der Waals surface area contributed by atoms with E-state index in [0.717, 1.165) is 16.0 Å². The second-order valence-corrected chi connectivity index (χ2v) is 7.39. The Kier molecular flexibility index (Phi) is 6.09. The third kappa shape index (κ3) is 4.06. The number of thioether (sulfide) groups is 1. The number of nitrogen functional groups attached to an aromatic ring is 1. The van der Waals surface area contributed by atoms with Crippen molar-refractivity contribution in [2.45, 2.75) is 23.8 Å². The van der Waals surface area contributed by atoms with Crippen molar-refractivity contribution in [3.63, 3.8) is 0 Å². The maximum Gasteiger partial charge on any atom is 0.119 e. The lowest BCUT2D eigenvalue weighted by Crippen LogP contribution is -2.11. The lowest BCUT2D eigenvalue weighted by Gasteiger charge is -2.19. The summed E-state index contributed by atoms with van der Waals surface area (Å²) in [5.74, 6) is -0.741. The number of hydrogen-bond donors (Lipinski definition) is 3. The maximum atomic E-state index is 10.8. The summed E-state index contributed by atoms with van der Waals surface area (Å²) in [6.45, 7) is 1.87. The molecule has 0 aliphatic carbocycles. The Balaban J connectivity index is 1.92. The first-order chi connectivity index (χ1) is 13.5. The topological polar surface area (TPSA) is 107 Å². The number of aliphatic hydroxyl groups excluding tert-OH is 1. The second-order valence-electron chi connectivity index (χ2n) is 6.31. The van der Waals surface area contributed by atoms with Crippen LogP contribution in [0.2, 0.25) is 0 Å². The van der Waals surface area contributed by atoms with Crippen LogP contribution < -0.4 is 5.73 Å². The Hall–Kier alpha value is -3.14. The van der Waals surface area contributed by atoms with Gasteiger partial charge < -0.3 is 10.8 Å². The number of nitrogens with one attached hydrogen (secondary N) is 1. The molecule has 0 radical (unpaired) electrons. The van der Waals surface area contributed by atoms with Crippen LogP contribution >= 0.6 is 11.8 Å². The fourth-order valence-corrected chi connectivity index (χ4v) is 3.89. The number of aromatic nitrogens is 1. The highest BCUT2D eigenvalue weighted by Gasteiger charge is 2.23. The van der Waals surface area contributed by atoms with Crippen LogP contribution in [0.1, 0.15) is 34.3 Å². The maximum absolute atomic E-state index is 10.8. The number of aliphatic hydroxyl groups is 1. The molecule has 3 rings (SSSR count). The minimum Gasteiger partial charge on any atom is -0.398 e. The quantitative estimate of drug-likeness (QED) is 0.259. The Morgan fingerprint density at radius 3 is 2.46 bits per heavy atom. The Morgan fingerprint density at radius 1 is 1.11 bits per heavy atom. The predicted molar refractivity (Wildman–Crippen MR) is 112 cm³/mol. The lowest BCUT2D eigenvalue weighted by atomic mass is 9.89. The van der Waals surface area contributed by atoms with E-state index in [1.165, 1.54) is 11.8 Å². The van der Waals surface area contributed by atoms with Gasteiger partial charge in [0, 0.05) is 23.0 Å².